The van der Waals surface area contributed by atoms with Crippen LogP contribution in [-0.2, 0) is 4.29 Å². The van der Waals surface area contributed by atoms with Crippen LogP contribution in [0.5, 0.6) is 0 Å². The molecule has 0 fully saturated rings. The molecule has 0 aromatic heterocycles. The maximum Gasteiger partial charge on any atom is 0.201 e. The monoisotopic (exact) mass is 236 g/mol. The zero-order valence-corrected chi connectivity index (χ0v) is 7.47. The third-order valence-electron chi connectivity index (χ3n) is 0.243. The van der Waals surface area contributed by atoms with Gasteiger partial charge in [-0.15, -0.1) is 0 Å². The second-order valence-electron chi connectivity index (χ2n) is 0.776. The van der Waals surface area contributed by atoms with Crippen molar-refractivity contribution in [3.63, 3.8) is 0 Å². The van der Waals surface area contributed by atoms with Gasteiger partial charge in [0.05, 0.1) is 14.5 Å². The van der Waals surface area contributed by atoms with E-state index in [-0.39, 0.29) is 39.5 Å². The average Bonchev–Trinajstić information content (AvgIpc) is 1.30. The molecule has 0 rings (SSSR count). The highest BCUT2D eigenvalue weighted by molar-refractivity contribution is 3.88. The van der Waals surface area contributed by atoms with Gasteiger partial charge in [-0.3, -0.25) is 0 Å². The molecule has 13 heavy (non-hydrogen) atoms. The highest BCUT2D eigenvalue weighted by Gasteiger charge is 2.12. The molecule has 0 saturated carbocycles. The van der Waals surface area contributed by atoms with Crippen molar-refractivity contribution in [2.24, 2.45) is 0 Å². The van der Waals surface area contributed by atoms with Crippen molar-refractivity contribution in [2.75, 3.05) is 6.61 Å². The standard InChI is InChI=1S/C2H5ClO4.6H2O/c1-2-7-3(4,5)6;;;;;;/h2H2,1H3;6*1H2. The molecule has 0 spiro atoms. The highest BCUT2D eigenvalue weighted by atomic mass is 35.7. The average molecular weight is 237 g/mol. The van der Waals surface area contributed by atoms with Gasteiger partial charge < -0.3 is 32.9 Å². The first-order valence-corrected chi connectivity index (χ1v) is 2.85. The molecule has 0 amide bonds. The lowest BCUT2D eigenvalue weighted by atomic mass is 10.9. The zero-order valence-electron chi connectivity index (χ0n) is 6.72. The largest absolute Gasteiger partial charge is 0.412 e. The Balaban J connectivity index is -0.0000000120. The van der Waals surface area contributed by atoms with E-state index in [9.17, 15) is 14.0 Å². The topological polar surface area (TPSA) is 267 Å². The van der Waals surface area contributed by atoms with Gasteiger partial charge in [0.2, 0.25) is 6.61 Å². The van der Waals surface area contributed by atoms with Gasteiger partial charge in [0.15, 0.2) is 0 Å². The van der Waals surface area contributed by atoms with Crippen molar-refractivity contribution in [1.29, 1.82) is 0 Å². The van der Waals surface area contributed by atoms with Gasteiger partial charge in [-0.1, -0.05) is 0 Å². The molecule has 0 unspecified atom stereocenters. The van der Waals surface area contributed by atoms with Gasteiger partial charge in [-0.05, 0) is 6.92 Å². The molecule has 0 bridgehead atoms. The summed E-state index contributed by atoms with van der Waals surface area (Å²) >= 11 is 0. The van der Waals surface area contributed by atoms with Crippen LogP contribution >= 0.6 is 0 Å². The van der Waals surface area contributed by atoms with Gasteiger partial charge >= 0.3 is 0 Å². The zero-order chi connectivity index (χ0) is 5.91. The maximum absolute atomic E-state index is 9.43. The second-order valence-corrected chi connectivity index (χ2v) is 1.75. The Bertz CT molecular complexity index is 51.4. The lowest BCUT2D eigenvalue weighted by Gasteiger charge is -2.10. The van der Waals surface area contributed by atoms with Crippen molar-refractivity contribution < 1.29 is 61.4 Å². The fourth-order valence-electron chi connectivity index (χ4n) is 0.134. The molecule has 12 N–H and O–H groups in total. The van der Waals surface area contributed by atoms with Gasteiger partial charge in [-0.25, -0.2) is 0 Å². The van der Waals surface area contributed by atoms with Crippen LogP contribution in [0, 0.1) is 10.2 Å². The molecule has 0 saturated heterocycles. The summed E-state index contributed by atoms with van der Waals surface area (Å²) in [7, 11) is -4.18. The Kier molecular flexibility index (Phi) is 91.5. The molecule has 92 valence electrons. The highest BCUT2D eigenvalue weighted by Crippen LogP contribution is 1.83. The Labute approximate surface area is 75.9 Å². The summed E-state index contributed by atoms with van der Waals surface area (Å²) in [6, 6.07) is 0. The fraction of sp³-hybridized carbons (Fsp3) is 1.00. The third-order valence-corrected chi connectivity index (χ3v) is 0.728. The van der Waals surface area contributed by atoms with E-state index >= 15 is 0 Å². The summed E-state index contributed by atoms with van der Waals surface area (Å²) in [6.07, 6.45) is 0. The van der Waals surface area contributed by atoms with Gasteiger partial charge in [0.25, 0.3) is 0 Å². The molecular weight excluding hydrogens is 219 g/mol. The first kappa shape index (κ1) is 52.5. The van der Waals surface area contributed by atoms with Crippen molar-refractivity contribution in [3.8, 4) is 0 Å². The van der Waals surface area contributed by atoms with Crippen LogP contribution in [0.25, 0.3) is 0 Å². The lowest BCUT2D eigenvalue weighted by Crippen LogP contribution is -2.60. The van der Waals surface area contributed by atoms with E-state index in [1.165, 1.54) is 6.92 Å². The van der Waals surface area contributed by atoms with Crippen LogP contribution < -0.4 is 14.0 Å². The number of rotatable bonds is 2. The first-order chi connectivity index (χ1) is 3.06. The summed E-state index contributed by atoms with van der Waals surface area (Å²) in [5.74, 6) is 0. The number of hydrogen-bond donors (Lipinski definition) is 0. The molecule has 0 atom stereocenters. The van der Waals surface area contributed by atoms with Crippen molar-refractivity contribution in [1.82, 2.24) is 0 Å². The minimum atomic E-state index is -4.18. The Morgan fingerprint density at radius 2 is 1.08 bits per heavy atom. The van der Waals surface area contributed by atoms with Gasteiger partial charge in [0, 0.05) is 0 Å². The van der Waals surface area contributed by atoms with Gasteiger partial charge in [-0.2, -0.15) is 14.0 Å². The Morgan fingerprint density at radius 3 is 1.08 bits per heavy atom. The van der Waals surface area contributed by atoms with Crippen molar-refractivity contribution >= 4 is 0 Å². The molecule has 0 aliphatic carbocycles. The second kappa shape index (κ2) is 22.7. The summed E-state index contributed by atoms with van der Waals surface area (Å²) in [5.41, 5.74) is 0. The van der Waals surface area contributed by atoms with Crippen LogP contribution in [0.15, 0.2) is 0 Å². The lowest BCUT2D eigenvalue weighted by molar-refractivity contribution is -1.92. The molecule has 0 aromatic carbocycles. The van der Waals surface area contributed by atoms with Crippen LogP contribution in [0.4, 0.5) is 0 Å². The molecule has 11 heteroatoms. The van der Waals surface area contributed by atoms with Crippen molar-refractivity contribution in [3.05, 3.63) is 0 Å². The van der Waals surface area contributed by atoms with E-state index in [1.807, 2.05) is 0 Å². The predicted molar refractivity (Wildman–Crippen MR) is 33.3 cm³/mol. The summed E-state index contributed by atoms with van der Waals surface area (Å²) in [4.78, 5) is 0. The van der Waals surface area contributed by atoms with Crippen LogP contribution in [0.1, 0.15) is 6.92 Å². The van der Waals surface area contributed by atoms with Crippen molar-refractivity contribution in [2.45, 2.75) is 6.92 Å². The fourth-order valence-corrected chi connectivity index (χ4v) is 0.401. The Morgan fingerprint density at radius 1 is 0.846 bits per heavy atom. The van der Waals surface area contributed by atoms with E-state index in [1.54, 1.807) is 0 Å². The van der Waals surface area contributed by atoms with E-state index in [0.29, 0.717) is 0 Å². The predicted octanol–water partition coefficient (Wildman–Crippen LogP) is -8.03. The van der Waals surface area contributed by atoms with E-state index < -0.39 is 10.2 Å². The minimum absolute atomic E-state index is 0. The van der Waals surface area contributed by atoms with Crippen LogP contribution in [0.3, 0.4) is 0 Å². The molecular formula is C2H17ClO10. The quantitative estimate of drug-likeness (QED) is 0.451. The maximum atomic E-state index is 9.43. The van der Waals surface area contributed by atoms with Gasteiger partial charge in [0.1, 0.15) is 0 Å². The summed E-state index contributed by atoms with van der Waals surface area (Å²) < 4.78 is 31.9. The van der Waals surface area contributed by atoms with E-state index in [4.69, 9.17) is 0 Å². The SMILES string of the molecule is CCO[Cl+3]([O-])([O-])[O-].O.O.O.O.O.O. The van der Waals surface area contributed by atoms with E-state index in [2.05, 4.69) is 4.29 Å². The van der Waals surface area contributed by atoms with Crippen LogP contribution in [0.2, 0.25) is 0 Å². The molecule has 0 heterocycles. The number of hydrogen-bond acceptors (Lipinski definition) is 4. The molecule has 0 aliphatic rings. The van der Waals surface area contributed by atoms with Crippen LogP contribution in [-0.4, -0.2) is 39.5 Å². The number of halogens is 1. The minimum Gasteiger partial charge on any atom is -0.412 e. The molecule has 10 nitrogen and oxygen atoms in total. The third kappa shape index (κ3) is 76.9. The molecule has 0 aliphatic heterocycles. The molecule has 0 aromatic rings. The molecule has 0 radical (unpaired) electrons. The Hall–Kier alpha value is -0.110. The summed E-state index contributed by atoms with van der Waals surface area (Å²) in [6.45, 7) is 1.32. The smallest absolute Gasteiger partial charge is 0.201 e. The van der Waals surface area contributed by atoms with E-state index in [0.717, 1.165) is 0 Å². The first-order valence-electron chi connectivity index (χ1n) is 1.61. The normalized spacial score (nSPS) is 6.46. The summed E-state index contributed by atoms with van der Waals surface area (Å²) in [5, 5.41) is 0.